The Balaban J connectivity index is 1.36. The summed E-state index contributed by atoms with van der Waals surface area (Å²) in [5.74, 6) is 1.07. The Morgan fingerprint density at radius 1 is 1.03 bits per heavy atom. The normalized spacial score (nSPS) is 19.5. The van der Waals surface area contributed by atoms with E-state index in [9.17, 15) is 0 Å². The number of nitrogens with zero attached hydrogens (tertiary/aromatic N) is 3. The van der Waals surface area contributed by atoms with Crippen LogP contribution in [0.2, 0.25) is 0 Å². The van der Waals surface area contributed by atoms with Crippen molar-refractivity contribution in [1.29, 1.82) is 0 Å². The number of piperidine rings is 1. The van der Waals surface area contributed by atoms with Crippen molar-refractivity contribution in [2.75, 3.05) is 22.9 Å². The Labute approximate surface area is 242 Å². The van der Waals surface area contributed by atoms with Crippen LogP contribution in [0, 0.1) is 3.57 Å². The Bertz CT molecular complexity index is 1440. The zero-order valence-corrected chi connectivity index (χ0v) is 25.1. The first-order valence-electron chi connectivity index (χ1n) is 14.1. The van der Waals surface area contributed by atoms with E-state index in [0.29, 0.717) is 6.04 Å². The van der Waals surface area contributed by atoms with Crippen LogP contribution in [0.25, 0.3) is 11.3 Å². The second kappa shape index (κ2) is 11.0. The molecule has 1 aromatic heterocycles. The topological polar surface area (TPSA) is 71.4 Å². The Morgan fingerprint density at radius 2 is 1.79 bits per heavy atom. The molecule has 3 aromatic rings. The maximum Gasteiger partial charge on any atom is 0.151 e. The van der Waals surface area contributed by atoms with E-state index in [0.717, 1.165) is 61.5 Å². The lowest BCUT2D eigenvalue weighted by Gasteiger charge is -2.38. The van der Waals surface area contributed by atoms with Crippen molar-refractivity contribution in [2.45, 2.75) is 57.5 Å². The van der Waals surface area contributed by atoms with Crippen molar-refractivity contribution in [3.63, 3.8) is 0 Å². The lowest BCUT2D eigenvalue weighted by molar-refractivity contribution is 0.253. The van der Waals surface area contributed by atoms with Gasteiger partial charge < -0.3 is 16.4 Å². The van der Waals surface area contributed by atoms with Crippen molar-refractivity contribution in [3.8, 4) is 11.3 Å². The summed E-state index contributed by atoms with van der Waals surface area (Å²) in [6, 6.07) is 22.6. The zero-order chi connectivity index (χ0) is 27.0. The van der Waals surface area contributed by atoms with E-state index in [1.807, 2.05) is 0 Å². The van der Waals surface area contributed by atoms with E-state index in [2.05, 4.69) is 103 Å². The molecule has 1 saturated heterocycles. The summed E-state index contributed by atoms with van der Waals surface area (Å²) in [4.78, 5) is 10.2. The minimum absolute atomic E-state index is 0.154. The number of hydrogen-bond acceptors (Lipinski definition) is 5. The number of rotatable bonds is 6. The summed E-state index contributed by atoms with van der Waals surface area (Å²) >= 11 is -0.362. The average Bonchev–Trinajstić information content (AvgIpc) is 3.34. The molecule has 6 rings (SSSR count). The molecule has 0 bridgehead atoms. The molecular weight excluding hydrogens is 593 g/mol. The molecule has 0 amide bonds. The van der Waals surface area contributed by atoms with Crippen LogP contribution in [0.5, 0.6) is 0 Å². The average molecular weight is 632 g/mol. The van der Waals surface area contributed by atoms with Gasteiger partial charge >= 0.3 is 0 Å². The molecule has 0 unspecified atom stereocenters. The van der Waals surface area contributed by atoms with Crippen LogP contribution in [0.15, 0.2) is 84.5 Å². The number of hydrogen-bond donors (Lipinski definition) is 2. The van der Waals surface area contributed by atoms with E-state index in [1.54, 1.807) is 0 Å². The van der Waals surface area contributed by atoms with Gasteiger partial charge in [-0.3, -0.25) is 4.90 Å². The van der Waals surface area contributed by atoms with Gasteiger partial charge in [0, 0.05) is 41.6 Å². The molecule has 2 aliphatic heterocycles. The first kappa shape index (κ1) is 26.4. The van der Waals surface area contributed by atoms with E-state index < -0.39 is 0 Å². The smallest absolute Gasteiger partial charge is 0.151 e. The zero-order valence-electron chi connectivity index (χ0n) is 22.9. The molecule has 2 fully saturated rings. The SMILES string of the molecule is C/C=C\C=C(/C)C1=Ic2ccc(-c3cccc(N4CCC(N)CC4)c3)nc2N1c1ccc(C2(N)CCC2)cc1. The van der Waals surface area contributed by atoms with Crippen molar-refractivity contribution >= 4 is 41.6 Å². The van der Waals surface area contributed by atoms with Crippen LogP contribution in [-0.4, -0.2) is 27.7 Å². The van der Waals surface area contributed by atoms with Gasteiger partial charge in [0.05, 0.1) is 12.9 Å². The Kier molecular flexibility index (Phi) is 7.44. The minimum Gasteiger partial charge on any atom is -0.371 e. The predicted molar refractivity (Wildman–Crippen MR) is 174 cm³/mol. The van der Waals surface area contributed by atoms with Gasteiger partial charge in [0.2, 0.25) is 0 Å². The van der Waals surface area contributed by atoms with Gasteiger partial charge in [0.1, 0.15) is 0 Å². The molecule has 2 aromatic carbocycles. The molecule has 5 nitrogen and oxygen atoms in total. The van der Waals surface area contributed by atoms with Crippen LogP contribution >= 0.6 is 20.7 Å². The number of fused-ring (bicyclic) bond motifs is 1. The Morgan fingerprint density at radius 3 is 2.49 bits per heavy atom. The van der Waals surface area contributed by atoms with Gasteiger partial charge in [-0.15, -0.1) is 0 Å². The van der Waals surface area contributed by atoms with Gasteiger partial charge in [-0.1, -0.05) is 63.2 Å². The lowest BCUT2D eigenvalue weighted by Crippen LogP contribution is -2.43. The van der Waals surface area contributed by atoms with Crippen LogP contribution in [0.1, 0.15) is 51.5 Å². The van der Waals surface area contributed by atoms with Gasteiger partial charge in [-0.2, -0.15) is 0 Å². The van der Waals surface area contributed by atoms with Crippen molar-refractivity contribution in [2.24, 2.45) is 11.5 Å². The van der Waals surface area contributed by atoms with Crippen molar-refractivity contribution in [1.82, 2.24) is 4.98 Å². The molecule has 0 atom stereocenters. The van der Waals surface area contributed by atoms with E-state index >= 15 is 0 Å². The standard InChI is InChI=1S/C33H38IN5/c1-3-4-7-23(2)31-34-29-14-15-30(24-8-5-9-28(22-24)38-20-16-26(35)17-21-38)37-32(29)39(31)27-12-10-25(11-13-27)33(36)18-6-19-33/h3-5,7-15,22,26H,6,16-21,35-36H2,1-2H3/b4-3-,23-7+. The number of aromatic nitrogens is 1. The van der Waals surface area contributed by atoms with E-state index in [-0.39, 0.29) is 26.3 Å². The van der Waals surface area contributed by atoms with Crippen LogP contribution in [0.3, 0.4) is 0 Å². The number of anilines is 3. The first-order chi connectivity index (χ1) is 18.9. The summed E-state index contributed by atoms with van der Waals surface area (Å²) in [5, 5.41) is 0. The molecular formula is C33H38IN5. The summed E-state index contributed by atoms with van der Waals surface area (Å²) in [6.45, 7) is 6.31. The third kappa shape index (κ3) is 5.22. The van der Waals surface area contributed by atoms with Gasteiger partial charge in [-0.05, 0) is 93.5 Å². The summed E-state index contributed by atoms with van der Waals surface area (Å²) in [7, 11) is 0. The van der Waals surface area contributed by atoms with E-state index in [4.69, 9.17) is 16.5 Å². The fourth-order valence-corrected chi connectivity index (χ4v) is 8.53. The molecule has 0 radical (unpaired) electrons. The summed E-state index contributed by atoms with van der Waals surface area (Å²) < 4.78 is 2.74. The van der Waals surface area contributed by atoms with Crippen LogP contribution in [-0.2, 0) is 5.54 Å². The highest BCUT2D eigenvalue weighted by Crippen LogP contribution is 2.44. The monoisotopic (exact) mass is 631 g/mol. The fourth-order valence-electron chi connectivity index (χ4n) is 5.66. The molecule has 4 N–H and O–H groups in total. The first-order valence-corrected chi connectivity index (χ1v) is 16.2. The molecule has 3 aliphatic rings. The van der Waals surface area contributed by atoms with Crippen molar-refractivity contribution in [3.05, 3.63) is 93.6 Å². The quantitative estimate of drug-likeness (QED) is 0.228. The number of halogens is 1. The molecule has 202 valence electrons. The van der Waals surface area contributed by atoms with Crippen LogP contribution < -0.4 is 21.3 Å². The number of benzene rings is 2. The third-order valence-electron chi connectivity index (χ3n) is 8.28. The van der Waals surface area contributed by atoms with E-state index in [1.165, 1.54) is 30.4 Å². The molecule has 6 heteroatoms. The van der Waals surface area contributed by atoms with Gasteiger partial charge in [-0.25, -0.2) is 4.98 Å². The number of nitrogens with two attached hydrogens (primary N) is 2. The lowest BCUT2D eigenvalue weighted by atomic mass is 9.73. The number of pyridine rings is 1. The fraction of sp³-hybridized carbons (Fsp3) is 0.333. The summed E-state index contributed by atoms with van der Waals surface area (Å²) in [6.07, 6.45) is 11.9. The maximum absolute atomic E-state index is 6.64. The molecule has 1 aliphatic carbocycles. The molecule has 1 saturated carbocycles. The molecule has 39 heavy (non-hydrogen) atoms. The second-order valence-corrected chi connectivity index (χ2v) is 13.8. The minimum atomic E-state index is -0.362. The summed E-state index contributed by atoms with van der Waals surface area (Å²) in [5.41, 5.74) is 19.8. The molecule has 0 spiro atoms. The maximum atomic E-state index is 6.64. The van der Waals surface area contributed by atoms with Crippen LogP contribution in [0.4, 0.5) is 17.2 Å². The predicted octanol–water partition coefficient (Wildman–Crippen LogP) is 6.96. The highest BCUT2D eigenvalue weighted by molar-refractivity contribution is 14.2. The van der Waals surface area contributed by atoms with Gasteiger partial charge in [0.25, 0.3) is 0 Å². The highest BCUT2D eigenvalue weighted by atomic mass is 127. The number of allylic oxidation sites excluding steroid dienone is 3. The second-order valence-electron chi connectivity index (χ2n) is 11.0. The third-order valence-corrected chi connectivity index (χ3v) is 11.6. The van der Waals surface area contributed by atoms with Gasteiger partial charge in [0.15, 0.2) is 5.82 Å². The largest absolute Gasteiger partial charge is 0.371 e. The highest BCUT2D eigenvalue weighted by Gasteiger charge is 2.34. The molecule has 3 heterocycles. The Hall–Kier alpha value is -2.81. The van der Waals surface area contributed by atoms with Crippen molar-refractivity contribution < 1.29 is 0 Å².